The Labute approximate surface area is 121 Å². The molecule has 96 valence electrons. The minimum atomic E-state index is 1.03. The van der Waals surface area contributed by atoms with Crippen LogP contribution in [0, 0.1) is 0 Å². The monoisotopic (exact) mass is 276 g/mol. The largest absolute Gasteiger partial charge is 0.290 e. The van der Waals surface area contributed by atoms with Crippen LogP contribution in [-0.2, 0) is 0 Å². The molecule has 0 amide bonds. The van der Waals surface area contributed by atoms with E-state index in [1.807, 2.05) is 12.1 Å². The lowest BCUT2D eigenvalue weighted by molar-refractivity contribution is 1.24. The van der Waals surface area contributed by atoms with Crippen LogP contribution in [0.15, 0.2) is 72.2 Å². The third-order valence-corrected chi connectivity index (χ3v) is 4.11. The lowest BCUT2D eigenvalue weighted by atomic mass is 10.1. The summed E-state index contributed by atoms with van der Waals surface area (Å²) in [5, 5.41) is 2.07. The molecule has 0 atom stereocenters. The molecular formula is C17H12N2S. The summed E-state index contributed by atoms with van der Waals surface area (Å²) in [6, 6.07) is 20.8. The van der Waals surface area contributed by atoms with E-state index in [4.69, 9.17) is 4.98 Å². The lowest BCUT2D eigenvalue weighted by Crippen LogP contribution is -1.86. The summed E-state index contributed by atoms with van der Waals surface area (Å²) >= 11 is 1.66. The molecule has 3 heteroatoms. The second-order valence-corrected chi connectivity index (χ2v) is 5.47. The minimum Gasteiger partial charge on any atom is -0.290 e. The van der Waals surface area contributed by atoms with Crippen molar-refractivity contribution in [3.63, 3.8) is 0 Å². The number of nitrogens with zero attached hydrogens (tertiary/aromatic N) is 2. The minimum absolute atomic E-state index is 1.03. The van der Waals surface area contributed by atoms with Gasteiger partial charge in [0.15, 0.2) is 4.96 Å². The van der Waals surface area contributed by atoms with E-state index < -0.39 is 0 Å². The molecule has 0 saturated carbocycles. The topological polar surface area (TPSA) is 17.3 Å². The highest BCUT2D eigenvalue weighted by atomic mass is 32.1. The first-order chi connectivity index (χ1) is 9.93. The van der Waals surface area contributed by atoms with Crippen LogP contribution in [0.4, 0.5) is 0 Å². The van der Waals surface area contributed by atoms with Gasteiger partial charge in [0.2, 0.25) is 0 Å². The molecular weight excluding hydrogens is 264 g/mol. The van der Waals surface area contributed by atoms with E-state index in [0.717, 1.165) is 21.9 Å². The highest BCUT2D eigenvalue weighted by Gasteiger charge is 2.15. The van der Waals surface area contributed by atoms with E-state index in [1.165, 1.54) is 5.56 Å². The van der Waals surface area contributed by atoms with Gasteiger partial charge in [-0.3, -0.25) is 4.40 Å². The van der Waals surface area contributed by atoms with Crippen molar-refractivity contribution in [2.45, 2.75) is 0 Å². The maximum atomic E-state index is 4.80. The van der Waals surface area contributed by atoms with Gasteiger partial charge in [0.25, 0.3) is 0 Å². The number of thiazole rings is 1. The summed E-state index contributed by atoms with van der Waals surface area (Å²) in [6.45, 7) is 0. The molecule has 0 radical (unpaired) electrons. The Morgan fingerprint density at radius 2 is 1.45 bits per heavy atom. The zero-order valence-electron chi connectivity index (χ0n) is 10.7. The summed E-state index contributed by atoms with van der Waals surface area (Å²) in [7, 11) is 0. The first kappa shape index (κ1) is 11.4. The molecule has 0 N–H and O–H groups in total. The van der Waals surface area contributed by atoms with Crippen molar-refractivity contribution < 1.29 is 0 Å². The number of aromatic nitrogens is 2. The van der Waals surface area contributed by atoms with E-state index in [2.05, 4.69) is 64.5 Å². The van der Waals surface area contributed by atoms with Crippen molar-refractivity contribution in [1.82, 2.24) is 9.38 Å². The highest BCUT2D eigenvalue weighted by Crippen LogP contribution is 2.33. The van der Waals surface area contributed by atoms with Gasteiger partial charge in [0.05, 0.1) is 11.4 Å². The van der Waals surface area contributed by atoms with Gasteiger partial charge >= 0.3 is 0 Å². The first-order valence-electron chi connectivity index (χ1n) is 6.50. The summed E-state index contributed by atoms with van der Waals surface area (Å²) in [6.07, 6.45) is 2.09. The van der Waals surface area contributed by atoms with Gasteiger partial charge in [-0.25, -0.2) is 4.98 Å². The van der Waals surface area contributed by atoms with Crippen LogP contribution >= 0.6 is 11.3 Å². The van der Waals surface area contributed by atoms with Gasteiger partial charge in [-0.05, 0) is 0 Å². The summed E-state index contributed by atoms with van der Waals surface area (Å²) in [5.74, 6) is 0. The normalized spacial score (nSPS) is 11.0. The molecule has 0 bridgehead atoms. The maximum absolute atomic E-state index is 4.80. The molecule has 4 rings (SSSR count). The molecule has 0 spiro atoms. The Morgan fingerprint density at radius 1 is 0.800 bits per heavy atom. The molecule has 4 aromatic rings. The van der Waals surface area contributed by atoms with E-state index >= 15 is 0 Å². The number of rotatable bonds is 2. The molecule has 0 saturated heterocycles. The average molecular weight is 276 g/mol. The van der Waals surface area contributed by atoms with Crippen LogP contribution in [0.25, 0.3) is 27.5 Å². The maximum Gasteiger partial charge on any atom is 0.194 e. The molecule has 2 heterocycles. The van der Waals surface area contributed by atoms with Crippen molar-refractivity contribution in [2.24, 2.45) is 0 Å². The molecule has 0 aliphatic rings. The second kappa shape index (κ2) is 4.62. The van der Waals surface area contributed by atoms with E-state index in [9.17, 15) is 0 Å². The Balaban J connectivity index is 2.05. The first-order valence-corrected chi connectivity index (χ1v) is 7.38. The van der Waals surface area contributed by atoms with Gasteiger partial charge in [-0.15, -0.1) is 11.3 Å². The highest BCUT2D eigenvalue weighted by molar-refractivity contribution is 7.15. The molecule has 20 heavy (non-hydrogen) atoms. The van der Waals surface area contributed by atoms with E-state index in [0.29, 0.717) is 0 Å². The number of fused-ring (bicyclic) bond motifs is 1. The van der Waals surface area contributed by atoms with Crippen molar-refractivity contribution in [3.05, 3.63) is 72.2 Å². The van der Waals surface area contributed by atoms with Crippen LogP contribution in [0.5, 0.6) is 0 Å². The van der Waals surface area contributed by atoms with E-state index in [1.54, 1.807) is 11.3 Å². The standard InChI is InChI=1S/C17H12N2S/c1-3-7-13(8-4-1)15-16(14-9-5-2-6-10-14)19-11-12-20-17(19)18-15/h1-12H. The summed E-state index contributed by atoms with van der Waals surface area (Å²) in [5.41, 5.74) is 4.55. The number of imidazole rings is 1. The van der Waals surface area contributed by atoms with Gasteiger partial charge in [0.1, 0.15) is 0 Å². The predicted octanol–water partition coefficient (Wildman–Crippen LogP) is 4.73. The Hall–Kier alpha value is -2.39. The van der Waals surface area contributed by atoms with Gasteiger partial charge in [-0.1, -0.05) is 60.7 Å². The molecule has 0 aliphatic carbocycles. The van der Waals surface area contributed by atoms with Gasteiger partial charge in [-0.2, -0.15) is 0 Å². The molecule has 2 nitrogen and oxygen atoms in total. The van der Waals surface area contributed by atoms with Crippen LogP contribution < -0.4 is 0 Å². The Bertz CT molecular complexity index is 844. The zero-order valence-corrected chi connectivity index (χ0v) is 11.5. The lowest BCUT2D eigenvalue weighted by Gasteiger charge is -2.04. The van der Waals surface area contributed by atoms with Crippen LogP contribution in [-0.4, -0.2) is 9.38 Å². The predicted molar refractivity (Wildman–Crippen MR) is 83.9 cm³/mol. The van der Waals surface area contributed by atoms with Crippen LogP contribution in [0.1, 0.15) is 0 Å². The SMILES string of the molecule is c1ccc(-c2nc3sccn3c2-c2ccccc2)cc1. The Morgan fingerprint density at radius 3 is 2.15 bits per heavy atom. The quantitative estimate of drug-likeness (QED) is 0.517. The molecule has 0 unspecified atom stereocenters. The van der Waals surface area contributed by atoms with Crippen LogP contribution in [0.3, 0.4) is 0 Å². The molecule has 0 aliphatic heterocycles. The fourth-order valence-corrected chi connectivity index (χ4v) is 3.17. The number of hydrogen-bond acceptors (Lipinski definition) is 2. The van der Waals surface area contributed by atoms with Crippen molar-refractivity contribution in [1.29, 1.82) is 0 Å². The van der Waals surface area contributed by atoms with Gasteiger partial charge < -0.3 is 0 Å². The van der Waals surface area contributed by atoms with Crippen molar-refractivity contribution in [3.8, 4) is 22.5 Å². The van der Waals surface area contributed by atoms with Crippen molar-refractivity contribution in [2.75, 3.05) is 0 Å². The second-order valence-electron chi connectivity index (χ2n) is 4.60. The van der Waals surface area contributed by atoms with Crippen LogP contribution in [0.2, 0.25) is 0 Å². The Kier molecular flexibility index (Phi) is 2.64. The van der Waals surface area contributed by atoms with Crippen molar-refractivity contribution >= 4 is 16.3 Å². The third-order valence-electron chi connectivity index (χ3n) is 3.36. The molecule has 0 fully saturated rings. The zero-order chi connectivity index (χ0) is 13.4. The average Bonchev–Trinajstić information content (AvgIpc) is 3.09. The smallest absolute Gasteiger partial charge is 0.194 e. The molecule has 2 aromatic carbocycles. The number of benzene rings is 2. The third kappa shape index (κ3) is 1.75. The summed E-state index contributed by atoms with van der Waals surface area (Å²) < 4.78 is 2.17. The fourth-order valence-electron chi connectivity index (χ4n) is 2.45. The molecule has 2 aromatic heterocycles. The number of hydrogen-bond donors (Lipinski definition) is 0. The fraction of sp³-hybridized carbons (Fsp3) is 0. The summed E-state index contributed by atoms with van der Waals surface area (Å²) in [4.78, 5) is 5.83. The van der Waals surface area contributed by atoms with Gasteiger partial charge in [0, 0.05) is 22.7 Å². The van der Waals surface area contributed by atoms with E-state index in [-0.39, 0.29) is 0 Å².